The molecule has 0 spiro atoms. The number of ether oxygens (including phenoxy) is 1. The molecule has 0 unspecified atom stereocenters. The molecule has 2 aromatic carbocycles. The van der Waals surface area contributed by atoms with E-state index < -0.39 is 0 Å². The van der Waals surface area contributed by atoms with Crippen LogP contribution in [0.1, 0.15) is 12.8 Å². The van der Waals surface area contributed by atoms with E-state index in [0.29, 0.717) is 11.3 Å². The van der Waals surface area contributed by atoms with Crippen LogP contribution >= 0.6 is 0 Å². The number of aromatic nitrogens is 1. The second-order valence-corrected chi connectivity index (χ2v) is 6.84. The number of nitrogens with zero attached hydrogens (tertiary/aromatic N) is 3. The molecular weight excluding hydrogens is 342 g/mol. The van der Waals surface area contributed by atoms with E-state index in [4.69, 9.17) is 4.74 Å². The molecule has 0 radical (unpaired) electrons. The summed E-state index contributed by atoms with van der Waals surface area (Å²) in [6, 6.07) is 15.2. The highest BCUT2D eigenvalue weighted by molar-refractivity contribution is 5.99. The van der Waals surface area contributed by atoms with Crippen molar-refractivity contribution in [1.29, 1.82) is 0 Å². The molecular formula is C21H21N3O3. The minimum absolute atomic E-state index is 0.105. The Hall–Kier alpha value is -3.15. The molecule has 0 aliphatic carbocycles. The predicted molar refractivity (Wildman–Crippen MR) is 105 cm³/mol. The molecule has 1 aromatic heterocycles. The van der Waals surface area contributed by atoms with Crippen molar-refractivity contribution in [3.05, 3.63) is 71.0 Å². The van der Waals surface area contributed by atoms with Crippen LogP contribution in [0.4, 0.5) is 11.4 Å². The summed E-state index contributed by atoms with van der Waals surface area (Å²) < 4.78 is 5.90. The summed E-state index contributed by atoms with van der Waals surface area (Å²) in [5.74, 6) is 1.43. The number of nitro benzene ring substituents is 1. The number of rotatable bonds is 5. The van der Waals surface area contributed by atoms with Gasteiger partial charge in [0.2, 0.25) is 0 Å². The highest BCUT2D eigenvalue weighted by Gasteiger charge is 2.23. The summed E-state index contributed by atoms with van der Waals surface area (Å²) in [5, 5.41) is 12.8. The summed E-state index contributed by atoms with van der Waals surface area (Å²) in [6.07, 6.45) is 5.35. The van der Waals surface area contributed by atoms with Gasteiger partial charge in [-0.05, 0) is 43.0 Å². The maximum atomic E-state index is 11.3. The maximum absolute atomic E-state index is 11.3. The molecule has 0 atom stereocenters. The van der Waals surface area contributed by atoms with Crippen LogP contribution in [-0.4, -0.2) is 29.6 Å². The fourth-order valence-electron chi connectivity index (χ4n) is 3.67. The summed E-state index contributed by atoms with van der Waals surface area (Å²) in [7, 11) is 0. The smallest absolute Gasteiger partial charge is 0.278 e. The van der Waals surface area contributed by atoms with Crippen LogP contribution in [0.2, 0.25) is 0 Å². The molecule has 4 rings (SSSR count). The van der Waals surface area contributed by atoms with E-state index in [0.717, 1.165) is 49.4 Å². The molecule has 0 bridgehead atoms. The number of fused-ring (bicyclic) bond motifs is 1. The van der Waals surface area contributed by atoms with Gasteiger partial charge in [-0.3, -0.25) is 15.1 Å². The number of anilines is 1. The molecule has 138 valence electrons. The van der Waals surface area contributed by atoms with Crippen molar-refractivity contribution in [1.82, 2.24) is 4.98 Å². The van der Waals surface area contributed by atoms with Crippen molar-refractivity contribution < 1.29 is 9.66 Å². The summed E-state index contributed by atoms with van der Waals surface area (Å²) in [5.41, 5.74) is 1.15. The predicted octanol–water partition coefficient (Wildman–Crippen LogP) is 4.44. The van der Waals surface area contributed by atoms with Gasteiger partial charge in [0.1, 0.15) is 5.75 Å². The van der Waals surface area contributed by atoms with Crippen LogP contribution in [0.15, 0.2) is 60.9 Å². The first-order valence-corrected chi connectivity index (χ1v) is 9.16. The molecule has 0 saturated carbocycles. The largest absolute Gasteiger partial charge is 0.493 e. The van der Waals surface area contributed by atoms with Crippen LogP contribution in [0.5, 0.6) is 5.75 Å². The molecule has 1 aliphatic rings. The molecule has 6 nitrogen and oxygen atoms in total. The molecule has 6 heteroatoms. The van der Waals surface area contributed by atoms with Crippen molar-refractivity contribution in [2.75, 3.05) is 24.6 Å². The average Bonchev–Trinajstić information content (AvgIpc) is 2.72. The topological polar surface area (TPSA) is 68.5 Å². The number of pyridine rings is 1. The molecule has 1 saturated heterocycles. The fraction of sp³-hybridized carbons (Fsp3) is 0.286. The SMILES string of the molecule is O=[N+]([O-])c1ccc(N2CCC(COc3ccccc3)CC2)c2ccncc12. The lowest BCUT2D eigenvalue weighted by Gasteiger charge is -2.34. The average molecular weight is 363 g/mol. The minimum Gasteiger partial charge on any atom is -0.493 e. The van der Waals surface area contributed by atoms with E-state index in [2.05, 4.69) is 9.88 Å². The first-order chi connectivity index (χ1) is 13.2. The Morgan fingerprint density at radius 1 is 1.07 bits per heavy atom. The number of nitro groups is 1. The third kappa shape index (κ3) is 3.69. The van der Waals surface area contributed by atoms with Crippen molar-refractivity contribution in [2.45, 2.75) is 12.8 Å². The zero-order chi connectivity index (χ0) is 18.6. The number of para-hydroxylation sites is 1. The first kappa shape index (κ1) is 17.3. The zero-order valence-electron chi connectivity index (χ0n) is 15.0. The van der Waals surface area contributed by atoms with Crippen LogP contribution in [-0.2, 0) is 0 Å². The van der Waals surface area contributed by atoms with Gasteiger partial charge in [0.25, 0.3) is 5.69 Å². The summed E-state index contributed by atoms with van der Waals surface area (Å²) in [4.78, 5) is 17.3. The highest BCUT2D eigenvalue weighted by atomic mass is 16.6. The lowest BCUT2D eigenvalue weighted by molar-refractivity contribution is -0.383. The number of benzene rings is 2. The van der Waals surface area contributed by atoms with Crippen molar-refractivity contribution >= 4 is 22.1 Å². The number of piperidine rings is 1. The van der Waals surface area contributed by atoms with Gasteiger partial charge in [-0.25, -0.2) is 0 Å². The van der Waals surface area contributed by atoms with Gasteiger partial charge in [0.15, 0.2) is 0 Å². The maximum Gasteiger partial charge on any atom is 0.278 e. The van der Waals surface area contributed by atoms with Gasteiger partial charge < -0.3 is 9.64 Å². The van der Waals surface area contributed by atoms with Gasteiger partial charge in [-0.15, -0.1) is 0 Å². The van der Waals surface area contributed by atoms with Crippen LogP contribution in [0, 0.1) is 16.0 Å². The normalized spacial score (nSPS) is 15.0. The van der Waals surface area contributed by atoms with E-state index in [1.165, 1.54) is 0 Å². The van der Waals surface area contributed by atoms with E-state index in [1.807, 2.05) is 42.5 Å². The van der Waals surface area contributed by atoms with Crippen LogP contribution < -0.4 is 9.64 Å². The number of hydrogen-bond donors (Lipinski definition) is 0. The first-order valence-electron chi connectivity index (χ1n) is 9.16. The fourth-order valence-corrected chi connectivity index (χ4v) is 3.67. The number of non-ortho nitro benzene ring substituents is 1. The Morgan fingerprint density at radius 3 is 2.59 bits per heavy atom. The number of hydrogen-bond acceptors (Lipinski definition) is 5. The van der Waals surface area contributed by atoms with Crippen molar-refractivity contribution in [3.8, 4) is 5.75 Å². The Kier molecular flexibility index (Phi) is 4.87. The Balaban J connectivity index is 1.45. The third-order valence-corrected chi connectivity index (χ3v) is 5.15. The summed E-state index contributed by atoms with van der Waals surface area (Å²) >= 11 is 0. The highest BCUT2D eigenvalue weighted by Crippen LogP contribution is 2.34. The van der Waals surface area contributed by atoms with Gasteiger partial charge in [0, 0.05) is 42.6 Å². The monoisotopic (exact) mass is 363 g/mol. The van der Waals surface area contributed by atoms with Crippen molar-refractivity contribution in [3.63, 3.8) is 0 Å². The standard InChI is InChI=1S/C21H21N3O3/c25-24(26)21-7-6-20(18-8-11-22-14-19(18)21)23-12-9-16(10-13-23)15-27-17-4-2-1-3-5-17/h1-8,11,14,16H,9-10,12-13,15H2. The van der Waals surface area contributed by atoms with E-state index in [1.54, 1.807) is 18.5 Å². The molecule has 27 heavy (non-hydrogen) atoms. The van der Waals surface area contributed by atoms with Crippen molar-refractivity contribution in [2.24, 2.45) is 5.92 Å². The molecule has 1 fully saturated rings. The Labute approximate surface area is 157 Å². The quantitative estimate of drug-likeness (QED) is 0.495. The molecule has 0 amide bonds. The second-order valence-electron chi connectivity index (χ2n) is 6.84. The van der Waals surface area contributed by atoms with Gasteiger partial charge in [0.05, 0.1) is 16.9 Å². The molecule has 3 aromatic rings. The lowest BCUT2D eigenvalue weighted by atomic mass is 9.96. The van der Waals surface area contributed by atoms with E-state index >= 15 is 0 Å². The van der Waals surface area contributed by atoms with Crippen LogP contribution in [0.25, 0.3) is 10.8 Å². The zero-order valence-corrected chi connectivity index (χ0v) is 15.0. The summed E-state index contributed by atoms with van der Waals surface area (Å²) in [6.45, 7) is 2.55. The van der Waals surface area contributed by atoms with E-state index in [-0.39, 0.29) is 10.6 Å². The van der Waals surface area contributed by atoms with E-state index in [9.17, 15) is 10.1 Å². The molecule has 0 N–H and O–H groups in total. The lowest BCUT2D eigenvalue weighted by Crippen LogP contribution is -2.35. The second kappa shape index (κ2) is 7.61. The minimum atomic E-state index is -0.346. The third-order valence-electron chi connectivity index (χ3n) is 5.15. The Morgan fingerprint density at radius 2 is 1.85 bits per heavy atom. The van der Waals surface area contributed by atoms with Gasteiger partial charge in [-0.2, -0.15) is 0 Å². The Bertz CT molecular complexity index is 938. The van der Waals surface area contributed by atoms with Gasteiger partial charge in [-0.1, -0.05) is 18.2 Å². The van der Waals surface area contributed by atoms with Crippen LogP contribution in [0.3, 0.4) is 0 Å². The molecule has 1 aliphatic heterocycles. The molecule has 2 heterocycles. The van der Waals surface area contributed by atoms with Gasteiger partial charge >= 0.3 is 0 Å².